The maximum atomic E-state index is 9.94. The molecular weight excluding hydrogens is 284 g/mol. The van der Waals surface area contributed by atoms with Gasteiger partial charge in [0.2, 0.25) is 5.88 Å². The number of ether oxygens (including phenoxy) is 1. The lowest BCUT2D eigenvalue weighted by Crippen LogP contribution is -2.25. The number of aliphatic imine (C=N–C) groups is 1. The highest BCUT2D eigenvalue weighted by atomic mass is 32.2. The maximum Gasteiger partial charge on any atom is 0.209 e. The molecule has 0 saturated carbocycles. The van der Waals surface area contributed by atoms with E-state index in [0.29, 0.717) is 6.10 Å². The first-order chi connectivity index (χ1) is 10.2. The second-order valence-corrected chi connectivity index (χ2v) is 6.99. The summed E-state index contributed by atoms with van der Waals surface area (Å²) in [4.78, 5) is 4.40. The van der Waals surface area contributed by atoms with E-state index in [1.165, 1.54) is 36.8 Å². The molecule has 5 heteroatoms. The first kappa shape index (κ1) is 15.1. The number of aliphatic hydroxyl groups is 1. The second kappa shape index (κ2) is 6.99. The molecule has 0 aromatic heterocycles. The molecule has 3 aliphatic rings. The van der Waals surface area contributed by atoms with Gasteiger partial charge in [0, 0.05) is 12.4 Å². The SMILES string of the molecule is NC1C=C(O)N=C(SCC2CCCCO2)C2=C1CCCC2. The number of hydrogen-bond donors (Lipinski definition) is 2. The Morgan fingerprint density at radius 1 is 1.29 bits per heavy atom. The van der Waals surface area contributed by atoms with Crippen molar-refractivity contribution in [3.8, 4) is 0 Å². The third-order valence-corrected chi connectivity index (χ3v) is 5.55. The molecule has 0 amide bonds. The predicted molar refractivity (Wildman–Crippen MR) is 87.7 cm³/mol. The summed E-state index contributed by atoms with van der Waals surface area (Å²) in [6.45, 7) is 0.877. The minimum absolute atomic E-state index is 0.0592. The van der Waals surface area contributed by atoms with Crippen molar-refractivity contribution >= 4 is 16.8 Å². The van der Waals surface area contributed by atoms with Gasteiger partial charge in [0.15, 0.2) is 0 Å². The van der Waals surface area contributed by atoms with Gasteiger partial charge in [-0.25, -0.2) is 4.99 Å². The third kappa shape index (κ3) is 3.71. The van der Waals surface area contributed by atoms with Crippen molar-refractivity contribution in [2.75, 3.05) is 12.4 Å². The highest BCUT2D eigenvalue weighted by Gasteiger charge is 2.25. The van der Waals surface area contributed by atoms with Gasteiger partial charge in [0.25, 0.3) is 0 Å². The van der Waals surface area contributed by atoms with Crippen molar-refractivity contribution in [1.29, 1.82) is 0 Å². The van der Waals surface area contributed by atoms with Crippen LogP contribution in [-0.4, -0.2) is 34.7 Å². The number of hydrogen-bond acceptors (Lipinski definition) is 5. The molecule has 0 bridgehead atoms. The second-order valence-electron chi connectivity index (χ2n) is 5.98. The van der Waals surface area contributed by atoms with E-state index in [1.807, 2.05) is 0 Å². The molecule has 0 aromatic carbocycles. The highest BCUT2D eigenvalue weighted by molar-refractivity contribution is 8.14. The maximum absolute atomic E-state index is 9.94. The Labute approximate surface area is 130 Å². The summed E-state index contributed by atoms with van der Waals surface area (Å²) in [6, 6.07) is -0.187. The minimum Gasteiger partial charge on any atom is -0.493 e. The lowest BCUT2D eigenvalue weighted by atomic mass is 9.88. The summed E-state index contributed by atoms with van der Waals surface area (Å²) >= 11 is 1.72. The Bertz CT molecular complexity index is 479. The van der Waals surface area contributed by atoms with Crippen LogP contribution in [0.25, 0.3) is 0 Å². The summed E-state index contributed by atoms with van der Waals surface area (Å²) in [5.41, 5.74) is 8.72. The van der Waals surface area contributed by atoms with E-state index < -0.39 is 0 Å². The smallest absolute Gasteiger partial charge is 0.209 e. The molecule has 0 aromatic rings. The van der Waals surface area contributed by atoms with Crippen LogP contribution in [0.1, 0.15) is 44.9 Å². The van der Waals surface area contributed by atoms with Gasteiger partial charge in [-0.2, -0.15) is 0 Å². The molecule has 0 spiro atoms. The minimum atomic E-state index is -0.187. The lowest BCUT2D eigenvalue weighted by molar-refractivity contribution is 0.0316. The molecule has 2 unspecified atom stereocenters. The Balaban J connectivity index is 1.74. The van der Waals surface area contributed by atoms with Gasteiger partial charge < -0.3 is 15.6 Å². The first-order valence-corrected chi connectivity index (χ1v) is 8.94. The summed E-state index contributed by atoms with van der Waals surface area (Å²) < 4.78 is 5.79. The number of thioether (sulfide) groups is 1. The van der Waals surface area contributed by atoms with Crippen molar-refractivity contribution in [1.82, 2.24) is 0 Å². The summed E-state index contributed by atoms with van der Waals surface area (Å²) in [5, 5.41) is 10.9. The largest absolute Gasteiger partial charge is 0.493 e. The first-order valence-electron chi connectivity index (χ1n) is 7.96. The number of aliphatic hydroxyl groups excluding tert-OH is 1. The van der Waals surface area contributed by atoms with Gasteiger partial charge in [-0.05, 0) is 62.2 Å². The standard InChI is InChI=1S/C16H24N2O2S/c17-14-9-15(19)18-16(13-7-2-1-6-12(13)14)21-10-11-5-3-4-8-20-11/h9,11,14,19H,1-8,10,17H2. The van der Waals surface area contributed by atoms with E-state index in [2.05, 4.69) is 4.99 Å². The molecule has 1 saturated heterocycles. The van der Waals surface area contributed by atoms with Crippen molar-refractivity contribution in [3.05, 3.63) is 23.1 Å². The molecule has 3 rings (SSSR count). The lowest BCUT2D eigenvalue weighted by Gasteiger charge is -2.25. The van der Waals surface area contributed by atoms with Crippen LogP contribution in [0.4, 0.5) is 0 Å². The molecule has 21 heavy (non-hydrogen) atoms. The van der Waals surface area contributed by atoms with Crippen LogP contribution in [-0.2, 0) is 4.74 Å². The van der Waals surface area contributed by atoms with Gasteiger partial charge in [0.05, 0.1) is 12.1 Å². The van der Waals surface area contributed by atoms with Crippen LogP contribution >= 0.6 is 11.8 Å². The van der Waals surface area contributed by atoms with E-state index >= 15 is 0 Å². The van der Waals surface area contributed by atoms with Crippen molar-refractivity contribution in [2.45, 2.75) is 57.1 Å². The van der Waals surface area contributed by atoms with Gasteiger partial charge in [-0.15, -0.1) is 11.8 Å². The highest BCUT2D eigenvalue weighted by Crippen LogP contribution is 2.34. The van der Waals surface area contributed by atoms with Gasteiger partial charge >= 0.3 is 0 Å². The summed E-state index contributed by atoms with van der Waals surface area (Å²) in [5.74, 6) is 0.974. The molecule has 116 valence electrons. The fourth-order valence-corrected chi connectivity index (χ4v) is 4.41. The number of nitrogens with zero attached hydrogens (tertiary/aromatic N) is 1. The quantitative estimate of drug-likeness (QED) is 0.821. The normalized spacial score (nSPS) is 30.3. The van der Waals surface area contributed by atoms with Crippen LogP contribution in [0.5, 0.6) is 0 Å². The molecule has 4 nitrogen and oxygen atoms in total. The van der Waals surface area contributed by atoms with E-state index in [1.54, 1.807) is 17.8 Å². The molecule has 3 N–H and O–H groups in total. The molecule has 2 heterocycles. The van der Waals surface area contributed by atoms with E-state index in [9.17, 15) is 5.11 Å². The average Bonchev–Trinajstić information content (AvgIpc) is 2.63. The van der Waals surface area contributed by atoms with Gasteiger partial charge in [-0.1, -0.05) is 0 Å². The predicted octanol–water partition coefficient (Wildman–Crippen LogP) is 3.30. The molecule has 2 aliphatic heterocycles. The van der Waals surface area contributed by atoms with Crippen molar-refractivity contribution in [2.24, 2.45) is 10.7 Å². The fourth-order valence-electron chi connectivity index (χ4n) is 3.24. The molecule has 2 atom stereocenters. The summed E-state index contributed by atoms with van der Waals surface area (Å²) in [6.07, 6.45) is 9.98. The van der Waals surface area contributed by atoms with Gasteiger partial charge in [0.1, 0.15) is 5.04 Å². The van der Waals surface area contributed by atoms with Gasteiger partial charge in [-0.3, -0.25) is 0 Å². The Hall–Kier alpha value is -0.780. The Kier molecular flexibility index (Phi) is 5.03. The number of nitrogens with two attached hydrogens (primary N) is 1. The van der Waals surface area contributed by atoms with Crippen LogP contribution in [0.3, 0.4) is 0 Å². The molecule has 0 radical (unpaired) electrons. The van der Waals surface area contributed by atoms with E-state index in [4.69, 9.17) is 10.5 Å². The zero-order chi connectivity index (χ0) is 14.7. The molecule has 1 fully saturated rings. The zero-order valence-corrected chi connectivity index (χ0v) is 13.2. The van der Waals surface area contributed by atoms with Crippen molar-refractivity contribution in [3.63, 3.8) is 0 Å². The van der Waals surface area contributed by atoms with E-state index in [0.717, 1.165) is 36.7 Å². The Morgan fingerprint density at radius 2 is 2.14 bits per heavy atom. The van der Waals surface area contributed by atoms with Crippen LogP contribution in [0, 0.1) is 0 Å². The van der Waals surface area contributed by atoms with Crippen LogP contribution in [0.15, 0.2) is 28.1 Å². The van der Waals surface area contributed by atoms with Crippen LogP contribution < -0.4 is 5.73 Å². The molecule has 1 aliphatic carbocycles. The summed E-state index contributed by atoms with van der Waals surface area (Å²) in [7, 11) is 0. The Morgan fingerprint density at radius 3 is 2.95 bits per heavy atom. The average molecular weight is 308 g/mol. The van der Waals surface area contributed by atoms with Crippen LogP contribution in [0.2, 0.25) is 0 Å². The molecular formula is C16H24N2O2S. The number of rotatable bonds is 2. The topological polar surface area (TPSA) is 67.8 Å². The fraction of sp³-hybridized carbons (Fsp3) is 0.688. The third-order valence-electron chi connectivity index (χ3n) is 4.40. The zero-order valence-electron chi connectivity index (χ0n) is 12.4. The van der Waals surface area contributed by atoms with E-state index in [-0.39, 0.29) is 11.9 Å². The van der Waals surface area contributed by atoms with Crippen molar-refractivity contribution < 1.29 is 9.84 Å². The monoisotopic (exact) mass is 308 g/mol.